The van der Waals surface area contributed by atoms with Crippen molar-refractivity contribution in [1.82, 2.24) is 24.8 Å². The minimum absolute atomic E-state index is 0.0243. The predicted octanol–water partition coefficient (Wildman–Crippen LogP) is 5.84. The Labute approximate surface area is 245 Å². The van der Waals surface area contributed by atoms with Crippen LogP contribution < -0.4 is 15.0 Å². The number of anilines is 2. The lowest BCUT2D eigenvalue weighted by Crippen LogP contribution is -2.34. The van der Waals surface area contributed by atoms with E-state index >= 15 is 0 Å². The fourth-order valence-electron chi connectivity index (χ4n) is 4.86. The molecule has 1 saturated heterocycles. The number of halogens is 4. The van der Waals surface area contributed by atoms with Crippen LogP contribution in [0.4, 0.5) is 28.9 Å². The van der Waals surface area contributed by atoms with Crippen LogP contribution in [0.3, 0.4) is 0 Å². The summed E-state index contributed by atoms with van der Waals surface area (Å²) >= 11 is 0. The Morgan fingerprint density at radius 1 is 1.14 bits per heavy atom. The summed E-state index contributed by atoms with van der Waals surface area (Å²) < 4.78 is 61.7. The number of benzene rings is 2. The standard InChI is InChI=1S/C30H29F4N7O2/c1-4-26-36-17-37-27(39-26)21-6-5-12-35-29(21)43-20-8-9-23(31)22(15-20)28(42)38-24-14-18(30(32,33)34)7-10-25(24)41(3)19-11-13-40(2)16-19/h5-10,12,14-15,17,19H,4,11,13,16H2,1-3H3,(H,38,42). The van der Waals surface area contributed by atoms with Gasteiger partial charge in [-0.15, -0.1) is 0 Å². The maximum atomic E-state index is 15.0. The summed E-state index contributed by atoms with van der Waals surface area (Å²) in [6.07, 6.45) is -0.382. The van der Waals surface area contributed by atoms with Crippen molar-refractivity contribution in [2.45, 2.75) is 32.0 Å². The quantitative estimate of drug-likeness (QED) is 0.254. The fraction of sp³-hybridized carbons (Fsp3) is 0.300. The Kier molecular flexibility index (Phi) is 8.53. The Balaban J connectivity index is 1.44. The molecular formula is C30H29F4N7O2. The van der Waals surface area contributed by atoms with E-state index in [1.54, 1.807) is 19.2 Å². The van der Waals surface area contributed by atoms with Crippen LogP contribution in [0.1, 0.15) is 35.1 Å². The third-order valence-electron chi connectivity index (χ3n) is 7.21. The van der Waals surface area contributed by atoms with Crippen molar-refractivity contribution in [3.8, 4) is 23.0 Å². The number of alkyl halides is 3. The molecule has 3 heterocycles. The fourth-order valence-corrected chi connectivity index (χ4v) is 4.86. The van der Waals surface area contributed by atoms with Gasteiger partial charge in [0.25, 0.3) is 5.91 Å². The van der Waals surface area contributed by atoms with Crippen molar-refractivity contribution < 1.29 is 27.1 Å². The topological polar surface area (TPSA) is 96.4 Å². The first-order valence-electron chi connectivity index (χ1n) is 13.6. The molecule has 43 heavy (non-hydrogen) atoms. The number of aryl methyl sites for hydroxylation is 1. The van der Waals surface area contributed by atoms with Crippen molar-refractivity contribution in [1.29, 1.82) is 0 Å². The van der Waals surface area contributed by atoms with Crippen molar-refractivity contribution in [3.05, 3.63) is 83.8 Å². The summed E-state index contributed by atoms with van der Waals surface area (Å²) in [6.45, 7) is 3.44. The second-order valence-corrected chi connectivity index (χ2v) is 10.2. The zero-order valence-corrected chi connectivity index (χ0v) is 23.7. The van der Waals surface area contributed by atoms with E-state index in [1.165, 1.54) is 24.7 Å². The number of nitrogens with zero attached hydrogens (tertiary/aromatic N) is 6. The lowest BCUT2D eigenvalue weighted by atomic mass is 10.1. The monoisotopic (exact) mass is 595 g/mol. The normalized spacial score (nSPS) is 15.4. The molecule has 1 aliphatic heterocycles. The van der Waals surface area contributed by atoms with Crippen molar-refractivity contribution in [2.75, 3.05) is 37.4 Å². The lowest BCUT2D eigenvalue weighted by molar-refractivity contribution is -0.137. The zero-order valence-electron chi connectivity index (χ0n) is 23.7. The zero-order chi connectivity index (χ0) is 30.7. The molecule has 1 fully saturated rings. The number of nitrogens with one attached hydrogen (secondary N) is 1. The highest BCUT2D eigenvalue weighted by Crippen LogP contribution is 2.37. The highest BCUT2D eigenvalue weighted by Gasteiger charge is 2.33. The van der Waals surface area contributed by atoms with E-state index in [0.717, 1.165) is 37.2 Å². The first-order valence-corrected chi connectivity index (χ1v) is 13.6. The van der Waals surface area contributed by atoms with Gasteiger partial charge in [0, 0.05) is 32.3 Å². The second kappa shape index (κ2) is 12.3. The molecule has 1 aliphatic rings. The van der Waals surface area contributed by atoms with Crippen LogP contribution in [0.25, 0.3) is 11.4 Å². The molecule has 0 bridgehead atoms. The average molecular weight is 596 g/mol. The first kappa shape index (κ1) is 29.8. The highest BCUT2D eigenvalue weighted by atomic mass is 19.4. The molecule has 5 rings (SSSR count). The van der Waals surface area contributed by atoms with Crippen LogP contribution in [0.15, 0.2) is 61.1 Å². The number of pyridine rings is 1. The highest BCUT2D eigenvalue weighted by molar-refractivity contribution is 6.06. The Bertz CT molecular complexity index is 1630. The molecule has 0 saturated carbocycles. The number of carbonyl (C=O) groups excluding carboxylic acids is 1. The van der Waals surface area contributed by atoms with Gasteiger partial charge in [-0.1, -0.05) is 6.92 Å². The van der Waals surface area contributed by atoms with Gasteiger partial charge in [0.1, 0.15) is 23.7 Å². The number of hydrogen-bond acceptors (Lipinski definition) is 8. The van der Waals surface area contributed by atoms with Gasteiger partial charge in [-0.2, -0.15) is 13.2 Å². The largest absolute Gasteiger partial charge is 0.438 e. The minimum Gasteiger partial charge on any atom is -0.438 e. The van der Waals surface area contributed by atoms with Gasteiger partial charge in [0.15, 0.2) is 5.82 Å². The molecule has 224 valence electrons. The van der Waals surface area contributed by atoms with E-state index < -0.39 is 29.0 Å². The molecule has 9 nitrogen and oxygen atoms in total. The molecule has 1 atom stereocenters. The first-order chi connectivity index (χ1) is 20.5. The molecular weight excluding hydrogens is 566 g/mol. The second-order valence-electron chi connectivity index (χ2n) is 10.2. The summed E-state index contributed by atoms with van der Waals surface area (Å²) in [5.74, 6) is -0.740. The number of rotatable bonds is 8. The maximum Gasteiger partial charge on any atom is 0.416 e. The maximum absolute atomic E-state index is 15.0. The summed E-state index contributed by atoms with van der Waals surface area (Å²) in [5.41, 5.74) is -0.611. The molecule has 4 aromatic rings. The molecule has 13 heteroatoms. The van der Waals surface area contributed by atoms with E-state index in [9.17, 15) is 22.4 Å². The van der Waals surface area contributed by atoms with Gasteiger partial charge in [0.2, 0.25) is 5.88 Å². The van der Waals surface area contributed by atoms with Crippen LogP contribution in [-0.4, -0.2) is 64.0 Å². The van der Waals surface area contributed by atoms with E-state index in [4.69, 9.17) is 4.74 Å². The number of amides is 1. The molecule has 2 aromatic carbocycles. The average Bonchev–Trinajstić information content (AvgIpc) is 3.43. The molecule has 1 unspecified atom stereocenters. The summed E-state index contributed by atoms with van der Waals surface area (Å²) in [5, 5.41) is 2.50. The third-order valence-corrected chi connectivity index (χ3v) is 7.21. The van der Waals surface area contributed by atoms with Gasteiger partial charge in [-0.3, -0.25) is 4.79 Å². The molecule has 0 aliphatic carbocycles. The van der Waals surface area contributed by atoms with E-state index in [0.29, 0.717) is 35.9 Å². The van der Waals surface area contributed by atoms with E-state index in [1.807, 2.05) is 18.9 Å². The number of ether oxygens (including phenoxy) is 1. The van der Waals surface area contributed by atoms with Crippen molar-refractivity contribution in [3.63, 3.8) is 0 Å². The van der Waals surface area contributed by atoms with Crippen LogP contribution in [-0.2, 0) is 12.6 Å². The van der Waals surface area contributed by atoms with Crippen molar-refractivity contribution >= 4 is 17.3 Å². The lowest BCUT2D eigenvalue weighted by Gasteiger charge is -2.29. The molecule has 0 spiro atoms. The van der Waals surface area contributed by atoms with Crippen LogP contribution in [0, 0.1) is 5.82 Å². The smallest absolute Gasteiger partial charge is 0.416 e. The number of aromatic nitrogens is 4. The SMILES string of the molecule is CCc1ncnc(-c2cccnc2Oc2ccc(F)c(C(=O)Nc3cc(C(F)(F)F)ccc3N(C)C3CCN(C)C3)c2)n1. The number of likely N-dealkylation sites (N-methyl/N-ethyl adjacent to an activating group) is 2. The molecule has 1 N–H and O–H groups in total. The summed E-state index contributed by atoms with van der Waals surface area (Å²) in [6, 6.07) is 10.1. The Morgan fingerprint density at radius 3 is 2.67 bits per heavy atom. The van der Waals surface area contributed by atoms with Gasteiger partial charge in [-0.25, -0.2) is 24.3 Å². The van der Waals surface area contributed by atoms with Gasteiger partial charge in [-0.05, 0) is 68.5 Å². The predicted molar refractivity (Wildman–Crippen MR) is 153 cm³/mol. The van der Waals surface area contributed by atoms with Crippen LogP contribution in [0.5, 0.6) is 11.6 Å². The van der Waals surface area contributed by atoms with Crippen molar-refractivity contribution in [2.24, 2.45) is 0 Å². The number of carbonyl (C=O) groups is 1. The van der Waals surface area contributed by atoms with Crippen LogP contribution in [0.2, 0.25) is 0 Å². The summed E-state index contributed by atoms with van der Waals surface area (Å²) in [4.78, 5) is 34.2. The van der Waals surface area contributed by atoms with Gasteiger partial charge < -0.3 is 19.9 Å². The Morgan fingerprint density at radius 2 is 1.95 bits per heavy atom. The number of likely N-dealkylation sites (tertiary alicyclic amines) is 1. The molecule has 1 amide bonds. The van der Waals surface area contributed by atoms with Crippen LogP contribution >= 0.6 is 0 Å². The Hall–Kier alpha value is -4.65. The molecule has 0 radical (unpaired) electrons. The number of hydrogen-bond donors (Lipinski definition) is 1. The van der Waals surface area contributed by atoms with E-state index in [-0.39, 0.29) is 23.4 Å². The minimum atomic E-state index is -4.64. The van der Waals surface area contributed by atoms with Gasteiger partial charge >= 0.3 is 6.18 Å². The third kappa shape index (κ3) is 6.72. The molecule has 2 aromatic heterocycles. The summed E-state index contributed by atoms with van der Waals surface area (Å²) in [7, 11) is 3.72. The van der Waals surface area contributed by atoms with Gasteiger partial charge in [0.05, 0.1) is 28.1 Å². The van der Waals surface area contributed by atoms with E-state index in [2.05, 4.69) is 30.2 Å².